The number of benzene rings is 1. The first-order valence-corrected chi connectivity index (χ1v) is 8.08. The fourth-order valence-electron chi connectivity index (χ4n) is 2.52. The quantitative estimate of drug-likeness (QED) is 0.630. The monoisotopic (exact) mass is 285 g/mol. The molecule has 0 bridgehead atoms. The van der Waals surface area contributed by atoms with Crippen molar-refractivity contribution in [3.8, 4) is 11.5 Å². The SMILES string of the molecule is CCCCCCc1oc(-c2ccccc2)nc1C(C)(C)C. The molecule has 0 unspecified atom stereocenters. The van der Waals surface area contributed by atoms with Gasteiger partial charge >= 0.3 is 0 Å². The molecule has 2 aromatic rings. The van der Waals surface area contributed by atoms with Crippen molar-refractivity contribution >= 4 is 0 Å². The Morgan fingerprint density at radius 1 is 1.00 bits per heavy atom. The molecule has 2 nitrogen and oxygen atoms in total. The van der Waals surface area contributed by atoms with E-state index in [0.29, 0.717) is 0 Å². The number of rotatable bonds is 6. The second-order valence-corrected chi connectivity index (χ2v) is 6.72. The van der Waals surface area contributed by atoms with Gasteiger partial charge in [-0.15, -0.1) is 0 Å². The van der Waals surface area contributed by atoms with E-state index in [-0.39, 0.29) is 5.41 Å². The molecule has 21 heavy (non-hydrogen) atoms. The van der Waals surface area contributed by atoms with Crippen molar-refractivity contribution < 1.29 is 4.42 Å². The predicted molar refractivity (Wildman–Crippen MR) is 88.5 cm³/mol. The molecule has 2 heteroatoms. The lowest BCUT2D eigenvalue weighted by molar-refractivity contribution is 0.480. The molecule has 1 aromatic carbocycles. The Hall–Kier alpha value is -1.57. The van der Waals surface area contributed by atoms with E-state index in [1.165, 1.54) is 25.7 Å². The molecule has 0 fully saturated rings. The Bertz CT molecular complexity index is 549. The first-order valence-electron chi connectivity index (χ1n) is 8.08. The van der Waals surface area contributed by atoms with Crippen LogP contribution in [0, 0.1) is 0 Å². The third-order valence-corrected chi connectivity index (χ3v) is 3.69. The van der Waals surface area contributed by atoms with E-state index in [2.05, 4.69) is 39.8 Å². The second-order valence-electron chi connectivity index (χ2n) is 6.72. The number of nitrogens with zero attached hydrogens (tertiary/aromatic N) is 1. The summed E-state index contributed by atoms with van der Waals surface area (Å²) in [6, 6.07) is 10.2. The minimum Gasteiger partial charge on any atom is -0.441 e. The van der Waals surface area contributed by atoms with Crippen LogP contribution < -0.4 is 0 Å². The molecule has 0 amide bonds. The van der Waals surface area contributed by atoms with Crippen LogP contribution in [-0.4, -0.2) is 4.98 Å². The second kappa shape index (κ2) is 6.93. The predicted octanol–water partition coefficient (Wildman–Crippen LogP) is 5.76. The normalized spacial score (nSPS) is 11.8. The Morgan fingerprint density at radius 3 is 2.33 bits per heavy atom. The highest BCUT2D eigenvalue weighted by Crippen LogP contribution is 2.31. The molecule has 0 aliphatic carbocycles. The summed E-state index contributed by atoms with van der Waals surface area (Å²) in [5, 5.41) is 0. The number of hydrogen-bond donors (Lipinski definition) is 0. The van der Waals surface area contributed by atoms with E-state index in [1.54, 1.807) is 0 Å². The van der Waals surface area contributed by atoms with Gasteiger partial charge in [0.05, 0.1) is 5.69 Å². The number of hydrogen-bond acceptors (Lipinski definition) is 2. The highest BCUT2D eigenvalue weighted by molar-refractivity contribution is 5.53. The summed E-state index contributed by atoms with van der Waals surface area (Å²) in [6.07, 6.45) is 6.00. The zero-order valence-electron chi connectivity index (χ0n) is 13.8. The fourth-order valence-corrected chi connectivity index (χ4v) is 2.52. The van der Waals surface area contributed by atoms with Crippen molar-refractivity contribution in [1.82, 2.24) is 4.98 Å². The molecule has 0 atom stereocenters. The maximum atomic E-state index is 6.10. The summed E-state index contributed by atoms with van der Waals surface area (Å²) < 4.78 is 6.10. The minimum atomic E-state index is 0.0244. The van der Waals surface area contributed by atoms with Crippen LogP contribution in [-0.2, 0) is 11.8 Å². The van der Waals surface area contributed by atoms with E-state index in [4.69, 9.17) is 9.40 Å². The highest BCUT2D eigenvalue weighted by Gasteiger charge is 2.24. The topological polar surface area (TPSA) is 26.0 Å². The van der Waals surface area contributed by atoms with Crippen molar-refractivity contribution in [3.05, 3.63) is 41.8 Å². The Kier molecular flexibility index (Phi) is 5.22. The van der Waals surface area contributed by atoms with E-state index in [9.17, 15) is 0 Å². The molecule has 0 saturated carbocycles. The summed E-state index contributed by atoms with van der Waals surface area (Å²) in [5.41, 5.74) is 2.19. The largest absolute Gasteiger partial charge is 0.441 e. The van der Waals surface area contributed by atoms with Crippen molar-refractivity contribution in [2.75, 3.05) is 0 Å². The molecular formula is C19H27NO. The van der Waals surface area contributed by atoms with E-state index in [0.717, 1.165) is 29.3 Å². The van der Waals surface area contributed by atoms with Crippen LogP contribution in [0.5, 0.6) is 0 Å². The lowest BCUT2D eigenvalue weighted by Crippen LogP contribution is -2.14. The lowest BCUT2D eigenvalue weighted by atomic mass is 9.90. The molecule has 2 rings (SSSR count). The molecule has 1 aromatic heterocycles. The van der Waals surface area contributed by atoms with Gasteiger partial charge in [0.2, 0.25) is 5.89 Å². The smallest absolute Gasteiger partial charge is 0.226 e. The third-order valence-electron chi connectivity index (χ3n) is 3.69. The van der Waals surface area contributed by atoms with Crippen LogP contribution in [0.25, 0.3) is 11.5 Å². The van der Waals surface area contributed by atoms with Crippen molar-refractivity contribution in [1.29, 1.82) is 0 Å². The van der Waals surface area contributed by atoms with Crippen LogP contribution in [0.4, 0.5) is 0 Å². The van der Waals surface area contributed by atoms with Crippen LogP contribution >= 0.6 is 0 Å². The molecule has 1 heterocycles. The fraction of sp³-hybridized carbons (Fsp3) is 0.526. The number of oxazole rings is 1. The Balaban J connectivity index is 2.23. The van der Waals surface area contributed by atoms with Gasteiger partial charge in [0.15, 0.2) is 0 Å². The standard InChI is InChI=1S/C19H27NO/c1-5-6-7-11-14-16-17(19(2,3)4)20-18(21-16)15-12-9-8-10-13-15/h8-10,12-13H,5-7,11,14H2,1-4H3. The molecule has 0 spiro atoms. The Morgan fingerprint density at radius 2 is 1.71 bits per heavy atom. The van der Waals surface area contributed by atoms with E-state index >= 15 is 0 Å². The molecule has 0 saturated heterocycles. The van der Waals surface area contributed by atoms with Gasteiger partial charge < -0.3 is 4.42 Å². The van der Waals surface area contributed by atoms with Gasteiger partial charge in [-0.25, -0.2) is 4.98 Å². The molecular weight excluding hydrogens is 258 g/mol. The van der Waals surface area contributed by atoms with Crippen LogP contribution in [0.3, 0.4) is 0 Å². The van der Waals surface area contributed by atoms with Crippen LogP contribution in [0.2, 0.25) is 0 Å². The molecule has 0 radical (unpaired) electrons. The van der Waals surface area contributed by atoms with Crippen molar-refractivity contribution in [2.24, 2.45) is 0 Å². The van der Waals surface area contributed by atoms with Crippen LogP contribution in [0.1, 0.15) is 64.8 Å². The average Bonchev–Trinajstić information content (AvgIpc) is 2.89. The lowest BCUT2D eigenvalue weighted by Gasteiger charge is -2.16. The average molecular weight is 285 g/mol. The first-order chi connectivity index (χ1) is 10.0. The number of unbranched alkanes of at least 4 members (excludes halogenated alkanes) is 3. The molecule has 0 aliphatic heterocycles. The highest BCUT2D eigenvalue weighted by atomic mass is 16.4. The zero-order valence-corrected chi connectivity index (χ0v) is 13.8. The van der Waals surface area contributed by atoms with Gasteiger partial charge in [-0.2, -0.15) is 0 Å². The molecule has 0 aliphatic rings. The number of aryl methyl sites for hydroxylation is 1. The summed E-state index contributed by atoms with van der Waals surface area (Å²) in [7, 11) is 0. The summed E-state index contributed by atoms with van der Waals surface area (Å²) in [4.78, 5) is 4.78. The van der Waals surface area contributed by atoms with Gasteiger partial charge in [-0.05, 0) is 18.6 Å². The van der Waals surface area contributed by atoms with Crippen LogP contribution in [0.15, 0.2) is 34.7 Å². The van der Waals surface area contributed by atoms with E-state index in [1.807, 2.05) is 18.2 Å². The summed E-state index contributed by atoms with van der Waals surface area (Å²) in [5.74, 6) is 1.82. The summed E-state index contributed by atoms with van der Waals surface area (Å²) in [6.45, 7) is 8.85. The number of aromatic nitrogens is 1. The van der Waals surface area contributed by atoms with Crippen molar-refractivity contribution in [3.63, 3.8) is 0 Å². The van der Waals surface area contributed by atoms with E-state index < -0.39 is 0 Å². The van der Waals surface area contributed by atoms with Gasteiger partial charge in [-0.1, -0.05) is 65.2 Å². The Labute approximate surface area is 128 Å². The third kappa shape index (κ3) is 4.20. The first kappa shape index (κ1) is 15.8. The van der Waals surface area contributed by atoms with Gasteiger partial charge in [-0.3, -0.25) is 0 Å². The zero-order chi connectivity index (χ0) is 15.3. The van der Waals surface area contributed by atoms with Gasteiger partial charge in [0.1, 0.15) is 5.76 Å². The van der Waals surface area contributed by atoms with Gasteiger partial charge in [0.25, 0.3) is 0 Å². The summed E-state index contributed by atoms with van der Waals surface area (Å²) >= 11 is 0. The van der Waals surface area contributed by atoms with Crippen molar-refractivity contribution in [2.45, 2.75) is 65.2 Å². The maximum absolute atomic E-state index is 6.10. The molecule has 0 N–H and O–H groups in total. The van der Waals surface area contributed by atoms with Gasteiger partial charge in [0, 0.05) is 17.4 Å². The molecule has 114 valence electrons. The maximum Gasteiger partial charge on any atom is 0.226 e. The minimum absolute atomic E-state index is 0.0244.